The summed E-state index contributed by atoms with van der Waals surface area (Å²) in [6.45, 7) is 1.70. The number of hydrogen-bond donors (Lipinski definition) is 2. The van der Waals surface area contributed by atoms with Crippen LogP contribution < -0.4 is 11.1 Å². The number of rotatable bonds is 3. The molecule has 1 aromatic heterocycles. The Morgan fingerprint density at radius 1 is 1.35 bits per heavy atom. The van der Waals surface area contributed by atoms with E-state index in [1.165, 1.54) is 12.3 Å². The van der Waals surface area contributed by atoms with Crippen molar-refractivity contribution >= 4 is 11.6 Å². The van der Waals surface area contributed by atoms with E-state index < -0.39 is 17.5 Å². The lowest BCUT2D eigenvalue weighted by atomic mass is 10.1. The number of nitrogens with one attached hydrogen (secondary N) is 1. The van der Waals surface area contributed by atoms with Crippen molar-refractivity contribution in [3.63, 3.8) is 0 Å². The third-order valence-corrected chi connectivity index (χ3v) is 2.77. The first-order valence-corrected chi connectivity index (χ1v) is 5.91. The molecule has 0 fully saturated rings. The Morgan fingerprint density at radius 3 is 2.75 bits per heavy atom. The Balaban J connectivity index is 2.08. The van der Waals surface area contributed by atoms with Crippen LogP contribution in [0, 0.1) is 18.6 Å². The Morgan fingerprint density at radius 2 is 2.10 bits per heavy atom. The van der Waals surface area contributed by atoms with Crippen LogP contribution in [0.15, 0.2) is 30.5 Å². The molecular weight excluding hydrogens is 264 g/mol. The number of nitrogens with zero attached hydrogens (tertiary/aromatic N) is 1. The highest BCUT2D eigenvalue weighted by molar-refractivity contribution is 5.98. The summed E-state index contributed by atoms with van der Waals surface area (Å²) in [7, 11) is 0. The molecule has 0 aliphatic carbocycles. The van der Waals surface area contributed by atoms with Gasteiger partial charge in [0.15, 0.2) is 0 Å². The standard InChI is InChI=1S/C14H13F2N3O/c1-8-4-13(17)11(7-18-8)14(20)19-6-9-2-3-10(15)5-12(9)16/h2-5,7H,6H2,1H3,(H2,17,18)(H,19,20). The minimum absolute atomic E-state index is 0.0573. The van der Waals surface area contributed by atoms with Gasteiger partial charge < -0.3 is 11.1 Å². The maximum absolute atomic E-state index is 13.4. The van der Waals surface area contributed by atoms with Gasteiger partial charge in [-0.2, -0.15) is 0 Å². The number of aromatic nitrogens is 1. The number of halogens is 2. The van der Waals surface area contributed by atoms with Gasteiger partial charge in [0.1, 0.15) is 11.6 Å². The highest BCUT2D eigenvalue weighted by Gasteiger charge is 2.11. The van der Waals surface area contributed by atoms with Gasteiger partial charge in [0, 0.05) is 35.8 Å². The molecule has 0 bridgehead atoms. The third kappa shape index (κ3) is 3.09. The van der Waals surface area contributed by atoms with Crippen LogP contribution in [0.4, 0.5) is 14.5 Å². The maximum atomic E-state index is 13.4. The molecule has 0 radical (unpaired) electrons. The quantitative estimate of drug-likeness (QED) is 0.903. The van der Waals surface area contributed by atoms with Crippen LogP contribution in [-0.2, 0) is 6.54 Å². The smallest absolute Gasteiger partial charge is 0.255 e. The molecule has 0 unspecified atom stereocenters. The van der Waals surface area contributed by atoms with Crippen molar-refractivity contribution in [1.82, 2.24) is 10.3 Å². The van der Waals surface area contributed by atoms with E-state index in [-0.39, 0.29) is 17.7 Å². The molecule has 4 nitrogen and oxygen atoms in total. The average Bonchev–Trinajstić information content (AvgIpc) is 2.37. The van der Waals surface area contributed by atoms with E-state index >= 15 is 0 Å². The number of nitrogen functional groups attached to an aromatic ring is 1. The lowest BCUT2D eigenvalue weighted by Crippen LogP contribution is -2.24. The molecule has 3 N–H and O–H groups in total. The second-order valence-electron chi connectivity index (χ2n) is 4.33. The van der Waals surface area contributed by atoms with Crippen LogP contribution in [0.2, 0.25) is 0 Å². The monoisotopic (exact) mass is 277 g/mol. The lowest BCUT2D eigenvalue weighted by Gasteiger charge is -2.08. The number of hydrogen-bond acceptors (Lipinski definition) is 3. The first kappa shape index (κ1) is 13.9. The van der Waals surface area contributed by atoms with Gasteiger partial charge in [-0.05, 0) is 19.1 Å². The van der Waals surface area contributed by atoms with Crippen molar-refractivity contribution in [2.45, 2.75) is 13.5 Å². The molecule has 0 aliphatic heterocycles. The number of amides is 1. The van der Waals surface area contributed by atoms with E-state index in [1.54, 1.807) is 13.0 Å². The minimum Gasteiger partial charge on any atom is -0.398 e. The number of aryl methyl sites for hydroxylation is 1. The van der Waals surface area contributed by atoms with Gasteiger partial charge >= 0.3 is 0 Å². The number of benzene rings is 1. The van der Waals surface area contributed by atoms with Crippen LogP contribution in [0.5, 0.6) is 0 Å². The lowest BCUT2D eigenvalue weighted by molar-refractivity contribution is 0.0951. The van der Waals surface area contributed by atoms with Crippen LogP contribution in [-0.4, -0.2) is 10.9 Å². The zero-order chi connectivity index (χ0) is 14.7. The second kappa shape index (κ2) is 5.64. The zero-order valence-electron chi connectivity index (χ0n) is 10.8. The molecule has 104 valence electrons. The summed E-state index contributed by atoms with van der Waals surface area (Å²) in [5.41, 5.74) is 7.13. The molecule has 1 amide bonds. The first-order chi connectivity index (χ1) is 9.47. The fraction of sp³-hybridized carbons (Fsp3) is 0.143. The van der Waals surface area contributed by atoms with Crippen molar-refractivity contribution < 1.29 is 13.6 Å². The number of carbonyl (C=O) groups is 1. The topological polar surface area (TPSA) is 68.0 Å². The van der Waals surface area contributed by atoms with Gasteiger partial charge in [0.2, 0.25) is 0 Å². The van der Waals surface area contributed by atoms with Crippen molar-refractivity contribution in [3.8, 4) is 0 Å². The molecule has 0 saturated carbocycles. The molecular formula is C14H13F2N3O. The second-order valence-corrected chi connectivity index (χ2v) is 4.33. The van der Waals surface area contributed by atoms with Gasteiger partial charge in [0.05, 0.1) is 5.56 Å². The normalized spacial score (nSPS) is 10.3. The summed E-state index contributed by atoms with van der Waals surface area (Å²) in [6, 6.07) is 4.75. The molecule has 0 atom stereocenters. The zero-order valence-corrected chi connectivity index (χ0v) is 10.8. The largest absolute Gasteiger partial charge is 0.398 e. The van der Waals surface area contributed by atoms with Gasteiger partial charge in [-0.3, -0.25) is 9.78 Å². The number of pyridine rings is 1. The number of nitrogens with two attached hydrogens (primary N) is 1. The number of carbonyl (C=O) groups excluding carboxylic acids is 1. The predicted molar refractivity (Wildman–Crippen MR) is 70.9 cm³/mol. The van der Waals surface area contributed by atoms with Gasteiger partial charge in [-0.25, -0.2) is 8.78 Å². The van der Waals surface area contributed by atoms with E-state index in [4.69, 9.17) is 5.73 Å². The molecule has 1 heterocycles. The van der Waals surface area contributed by atoms with Crippen molar-refractivity contribution in [2.75, 3.05) is 5.73 Å². The summed E-state index contributed by atoms with van der Waals surface area (Å²) in [5.74, 6) is -1.83. The van der Waals surface area contributed by atoms with Gasteiger partial charge in [0.25, 0.3) is 5.91 Å². The van der Waals surface area contributed by atoms with Crippen LogP contribution in [0.25, 0.3) is 0 Å². The highest BCUT2D eigenvalue weighted by atomic mass is 19.1. The van der Waals surface area contributed by atoms with Gasteiger partial charge in [-0.15, -0.1) is 0 Å². The first-order valence-electron chi connectivity index (χ1n) is 5.91. The molecule has 0 saturated heterocycles. The minimum atomic E-state index is -0.708. The van der Waals surface area contributed by atoms with E-state index in [1.807, 2.05) is 0 Å². The molecule has 1 aromatic carbocycles. The van der Waals surface area contributed by atoms with E-state index in [0.29, 0.717) is 11.4 Å². The maximum Gasteiger partial charge on any atom is 0.255 e. The van der Waals surface area contributed by atoms with Crippen molar-refractivity contribution in [3.05, 3.63) is 58.9 Å². The summed E-state index contributed by atoms with van der Waals surface area (Å²) in [5, 5.41) is 2.51. The Kier molecular flexibility index (Phi) is 3.93. The van der Waals surface area contributed by atoms with Crippen LogP contribution in [0.1, 0.15) is 21.6 Å². The average molecular weight is 277 g/mol. The molecule has 6 heteroatoms. The Hall–Kier alpha value is -2.50. The molecule has 20 heavy (non-hydrogen) atoms. The molecule has 2 rings (SSSR count). The van der Waals surface area contributed by atoms with Gasteiger partial charge in [-0.1, -0.05) is 6.07 Å². The summed E-state index contributed by atoms with van der Waals surface area (Å²) in [6.07, 6.45) is 1.36. The highest BCUT2D eigenvalue weighted by Crippen LogP contribution is 2.13. The van der Waals surface area contributed by atoms with E-state index in [2.05, 4.69) is 10.3 Å². The Bertz CT molecular complexity index is 659. The summed E-state index contributed by atoms with van der Waals surface area (Å²) >= 11 is 0. The van der Waals surface area contributed by atoms with E-state index in [0.717, 1.165) is 12.1 Å². The summed E-state index contributed by atoms with van der Waals surface area (Å²) in [4.78, 5) is 15.9. The van der Waals surface area contributed by atoms with Crippen molar-refractivity contribution in [1.29, 1.82) is 0 Å². The van der Waals surface area contributed by atoms with E-state index in [9.17, 15) is 13.6 Å². The van der Waals surface area contributed by atoms with Crippen LogP contribution in [0.3, 0.4) is 0 Å². The molecule has 2 aromatic rings. The number of anilines is 1. The van der Waals surface area contributed by atoms with Crippen molar-refractivity contribution in [2.24, 2.45) is 0 Å². The third-order valence-electron chi connectivity index (χ3n) is 2.77. The van der Waals surface area contributed by atoms with Crippen LogP contribution >= 0.6 is 0 Å². The Labute approximate surface area is 114 Å². The predicted octanol–water partition coefficient (Wildman–Crippen LogP) is 2.18. The molecule has 0 spiro atoms. The fourth-order valence-corrected chi connectivity index (χ4v) is 1.71. The SMILES string of the molecule is Cc1cc(N)c(C(=O)NCc2ccc(F)cc2F)cn1. The molecule has 0 aliphatic rings. The fourth-order valence-electron chi connectivity index (χ4n) is 1.71. The summed E-state index contributed by atoms with van der Waals surface area (Å²) < 4.78 is 26.2.